The van der Waals surface area contributed by atoms with Gasteiger partial charge in [0.25, 0.3) is 0 Å². The minimum Gasteiger partial charge on any atom is -0.478 e. The van der Waals surface area contributed by atoms with Crippen molar-refractivity contribution in [2.75, 3.05) is 48.1 Å². The van der Waals surface area contributed by atoms with E-state index >= 15 is 0 Å². The van der Waals surface area contributed by atoms with Gasteiger partial charge < -0.3 is 68.5 Å². The van der Waals surface area contributed by atoms with Crippen molar-refractivity contribution in [1.82, 2.24) is 24.8 Å². The van der Waals surface area contributed by atoms with Crippen LogP contribution in [0.2, 0.25) is 0 Å². The van der Waals surface area contributed by atoms with Crippen LogP contribution in [0.1, 0.15) is 135 Å². The van der Waals surface area contributed by atoms with Gasteiger partial charge in [-0.1, -0.05) is 38.1 Å². The highest BCUT2D eigenvalue weighted by Crippen LogP contribution is 2.40. The van der Waals surface area contributed by atoms with Crippen molar-refractivity contribution in [3.05, 3.63) is 47.3 Å². The van der Waals surface area contributed by atoms with E-state index in [2.05, 4.69) is 15.2 Å². The lowest BCUT2D eigenvalue weighted by atomic mass is 9.77. The van der Waals surface area contributed by atoms with E-state index in [1.54, 1.807) is 59.9 Å². The zero-order valence-corrected chi connectivity index (χ0v) is 45.0. The molecule has 0 radical (unpaired) electrons. The maximum absolute atomic E-state index is 14.7. The van der Waals surface area contributed by atoms with Crippen LogP contribution in [-0.2, 0) is 44.4 Å². The highest BCUT2D eigenvalue weighted by molar-refractivity contribution is 5.87. The van der Waals surface area contributed by atoms with Crippen molar-refractivity contribution in [3.63, 3.8) is 0 Å². The van der Waals surface area contributed by atoms with Crippen molar-refractivity contribution in [2.24, 2.45) is 17.8 Å². The number of aromatic nitrogens is 3. The molecule has 4 heterocycles. The third kappa shape index (κ3) is 14.0. The second kappa shape index (κ2) is 25.1. The predicted octanol–water partition coefficient (Wildman–Crippen LogP) is 4.73. The Morgan fingerprint density at radius 2 is 1.64 bits per heavy atom. The number of nitrogens with zero attached hydrogens (tertiary/aromatic N) is 5. The number of aliphatic hydroxyl groups excluding tert-OH is 2. The van der Waals surface area contributed by atoms with Gasteiger partial charge in [0.05, 0.1) is 52.8 Å². The summed E-state index contributed by atoms with van der Waals surface area (Å²) in [5, 5.41) is 65.4. The number of alkyl halides is 1. The molecule has 5 rings (SSSR count). The number of ether oxygens (including phenoxy) is 7. The molecule has 3 aliphatic heterocycles. The molecule has 0 unspecified atom stereocenters. The summed E-state index contributed by atoms with van der Waals surface area (Å²) in [5.74, 6) is -3.69. The predicted molar refractivity (Wildman–Crippen MR) is 264 cm³/mol. The molecule has 3 fully saturated rings. The number of cyclic esters (lactones) is 1. The van der Waals surface area contributed by atoms with E-state index in [4.69, 9.17) is 33.2 Å². The average Bonchev–Trinajstić information content (AvgIpc) is 3.80. The van der Waals surface area contributed by atoms with Crippen molar-refractivity contribution < 1.29 is 72.7 Å². The largest absolute Gasteiger partial charge is 0.478 e. The summed E-state index contributed by atoms with van der Waals surface area (Å²) < 4.78 is 60.4. The molecule has 0 bridgehead atoms. The fraction of sp³-hybridized carbons (Fsp3) is 0.808. The Balaban J connectivity index is 1.42. The lowest BCUT2D eigenvalue weighted by Gasteiger charge is -2.48. The first-order valence-electron chi connectivity index (χ1n) is 25.6. The number of carbonyl (C=O) groups is 2. The molecular weight excluding hydrogens is 938 g/mol. The lowest BCUT2D eigenvalue weighted by molar-refractivity contribution is -0.308. The molecule has 5 N–H and O–H groups in total. The Kier molecular flexibility index (Phi) is 20.8. The first-order valence-corrected chi connectivity index (χ1v) is 25.6. The molecule has 0 aliphatic carbocycles. The third-order valence-electron chi connectivity index (χ3n) is 15.9. The minimum absolute atomic E-state index is 0.0444. The van der Waals surface area contributed by atoms with Gasteiger partial charge in [-0.2, -0.15) is 0 Å². The zero-order valence-electron chi connectivity index (χ0n) is 45.0. The topological polar surface area (TPSA) is 237 Å². The summed E-state index contributed by atoms with van der Waals surface area (Å²) in [6.45, 7) is 18.0. The second-order valence-electron chi connectivity index (χ2n) is 21.8. The summed E-state index contributed by atoms with van der Waals surface area (Å²) in [6, 6.07) is 4.65. The quantitative estimate of drug-likeness (QED) is 0.143. The summed E-state index contributed by atoms with van der Waals surface area (Å²) in [5.41, 5.74) is -3.09. The van der Waals surface area contributed by atoms with Gasteiger partial charge >= 0.3 is 11.9 Å². The van der Waals surface area contributed by atoms with E-state index in [9.17, 15) is 39.5 Å². The van der Waals surface area contributed by atoms with E-state index in [1.807, 2.05) is 39.8 Å². The molecule has 0 spiro atoms. The van der Waals surface area contributed by atoms with Gasteiger partial charge in [0.15, 0.2) is 12.6 Å². The van der Waals surface area contributed by atoms with Crippen LogP contribution >= 0.6 is 0 Å². The van der Waals surface area contributed by atoms with Gasteiger partial charge in [0, 0.05) is 70.8 Å². The van der Waals surface area contributed by atoms with Crippen LogP contribution in [0.4, 0.5) is 4.39 Å². The SMILES string of the molecule is CC[C@H]1OC(=O)[C@H](C)[C@@H](O[C@H]2C[C@@](C)(OC)[C@@H](O)[C@H](C)O2)[C@H](C)[C@@H](O[C@H]2C[C@@H](N(C)CCc3cn([C@H](CF)[C@H](OC)c4ccc(C(=O)O)cc4)nn3)C[C@@H](C)O2)[C@](C)(O)C[C@@H](C)CN(C)[C@H](C)[C@@H](O)[C@]1(C)O. The summed E-state index contributed by atoms with van der Waals surface area (Å²) in [4.78, 5) is 30.0. The standard InChI is InChI=1S/C52H86FN5O14/c1-15-40-52(10,65)45(59)33(6)57(12)27-29(2)24-50(8,64)47(31(4)43(32(5)49(63)70-40)71-42-25-51(9,67-14)46(60)34(7)69-42)72-41-23-38(22-30(3)68-41)56(11)21-20-37-28-58(55-54-37)39(26-53)44(66-13)35-16-18-36(19-17-35)48(61)62/h16-19,28-34,38-47,59-60,64-65H,15,20-27H2,1-14H3,(H,61,62)/t29-,30-,31+,32-,33-,34+,38+,39-,40-,41+,42+,43+,44-,45-,46+,47-,50-,51-,52-/m1/s1. The number of hydrogen-bond acceptors (Lipinski definition) is 17. The van der Waals surface area contributed by atoms with Crippen molar-refractivity contribution in [2.45, 2.75) is 204 Å². The van der Waals surface area contributed by atoms with Crippen LogP contribution < -0.4 is 0 Å². The number of esters is 1. The number of rotatable bonds is 16. The summed E-state index contributed by atoms with van der Waals surface area (Å²) in [6.07, 6.45) is -5.05. The van der Waals surface area contributed by atoms with Crippen molar-refractivity contribution in [3.8, 4) is 0 Å². The molecule has 19 atom stereocenters. The fourth-order valence-electron chi connectivity index (χ4n) is 11.3. The molecule has 410 valence electrons. The number of aliphatic hydroxyl groups is 4. The zero-order chi connectivity index (χ0) is 53.6. The van der Waals surface area contributed by atoms with E-state index in [0.29, 0.717) is 43.6 Å². The van der Waals surface area contributed by atoms with Crippen LogP contribution in [0.3, 0.4) is 0 Å². The molecule has 0 saturated carbocycles. The monoisotopic (exact) mass is 1020 g/mol. The molecule has 3 saturated heterocycles. The van der Waals surface area contributed by atoms with Crippen LogP contribution in [-0.4, -0.2) is 195 Å². The van der Waals surface area contributed by atoms with Gasteiger partial charge in [-0.05, 0) is 105 Å². The van der Waals surface area contributed by atoms with Crippen LogP contribution in [0.5, 0.6) is 0 Å². The molecule has 20 heteroatoms. The number of likely N-dealkylation sites (N-methyl/N-ethyl adjacent to an activating group) is 2. The number of carbonyl (C=O) groups excluding carboxylic acids is 1. The molecule has 1 aromatic carbocycles. The lowest BCUT2D eigenvalue weighted by Crippen LogP contribution is -2.59. The van der Waals surface area contributed by atoms with Gasteiger partial charge in [-0.15, -0.1) is 5.10 Å². The third-order valence-corrected chi connectivity index (χ3v) is 15.9. The first-order chi connectivity index (χ1) is 33.7. The highest BCUT2D eigenvalue weighted by atomic mass is 19.1. The van der Waals surface area contributed by atoms with Crippen LogP contribution in [0, 0.1) is 17.8 Å². The minimum atomic E-state index is -1.83. The second-order valence-corrected chi connectivity index (χ2v) is 21.8. The van der Waals surface area contributed by atoms with Gasteiger partial charge in [-0.25, -0.2) is 13.9 Å². The number of aromatic carboxylic acids is 1. The number of carboxylic acids is 1. The highest BCUT2D eigenvalue weighted by Gasteiger charge is 2.52. The smallest absolute Gasteiger partial charge is 0.335 e. The van der Waals surface area contributed by atoms with Crippen molar-refractivity contribution >= 4 is 11.9 Å². The van der Waals surface area contributed by atoms with Crippen LogP contribution in [0.25, 0.3) is 0 Å². The number of carboxylic acid groups (broad SMARTS) is 1. The van der Waals surface area contributed by atoms with Gasteiger partial charge in [-0.3, -0.25) is 4.79 Å². The Morgan fingerprint density at radius 3 is 2.24 bits per heavy atom. The molecule has 3 aliphatic rings. The Morgan fingerprint density at radius 1 is 0.972 bits per heavy atom. The molecule has 0 amide bonds. The molecular formula is C52H86FN5O14. The first kappa shape index (κ1) is 59.6. The number of benzene rings is 1. The van der Waals surface area contributed by atoms with E-state index in [0.717, 1.165) is 0 Å². The summed E-state index contributed by atoms with van der Waals surface area (Å²) >= 11 is 0. The summed E-state index contributed by atoms with van der Waals surface area (Å²) in [7, 11) is 6.82. The molecule has 72 heavy (non-hydrogen) atoms. The number of halogens is 1. The van der Waals surface area contributed by atoms with Gasteiger partial charge in [0.1, 0.15) is 42.7 Å². The van der Waals surface area contributed by atoms with E-state index in [-0.39, 0.29) is 42.9 Å². The fourth-order valence-corrected chi connectivity index (χ4v) is 11.3. The van der Waals surface area contributed by atoms with Gasteiger partial charge in [0.2, 0.25) is 0 Å². The Hall–Kier alpha value is -3.25. The molecule has 19 nitrogen and oxygen atoms in total. The molecule has 1 aromatic heterocycles. The normalized spacial score (nSPS) is 38.9. The number of methoxy groups -OCH3 is 2. The molecule has 2 aromatic rings. The average molecular weight is 1020 g/mol. The van der Waals surface area contributed by atoms with E-state index < -0.39 is 115 Å². The van der Waals surface area contributed by atoms with E-state index in [1.165, 1.54) is 38.0 Å². The van der Waals surface area contributed by atoms with Crippen LogP contribution in [0.15, 0.2) is 30.5 Å². The Bertz CT molecular complexity index is 2030. The maximum atomic E-state index is 14.7. The Labute approximate surface area is 425 Å². The maximum Gasteiger partial charge on any atom is 0.335 e. The number of hydrogen-bond donors (Lipinski definition) is 5. The van der Waals surface area contributed by atoms with Crippen molar-refractivity contribution in [1.29, 1.82) is 0 Å².